The number of hydrogen-bond donors (Lipinski definition) is 0. The summed E-state index contributed by atoms with van der Waals surface area (Å²) in [7, 11) is 0. The predicted molar refractivity (Wildman–Crippen MR) is 77.6 cm³/mol. The lowest BCUT2D eigenvalue weighted by Crippen LogP contribution is -2.06. The predicted octanol–water partition coefficient (Wildman–Crippen LogP) is 3.73. The number of benzene rings is 1. The first-order valence-electron chi connectivity index (χ1n) is 6.78. The summed E-state index contributed by atoms with van der Waals surface area (Å²) in [5.41, 5.74) is 1.15. The van der Waals surface area contributed by atoms with Gasteiger partial charge in [0.1, 0.15) is 11.5 Å². The van der Waals surface area contributed by atoms with Crippen molar-refractivity contribution in [1.29, 1.82) is 0 Å². The first-order chi connectivity index (χ1) is 11.1. The number of alkyl halides is 2. The van der Waals surface area contributed by atoms with Crippen LogP contribution in [0.2, 0.25) is 0 Å². The molecule has 118 valence electrons. The first kappa shape index (κ1) is 15.1. The molecule has 3 rings (SSSR count). The van der Waals surface area contributed by atoms with E-state index in [9.17, 15) is 13.2 Å². The third-order valence-corrected chi connectivity index (χ3v) is 3.13. The molecule has 1 aromatic carbocycles. The van der Waals surface area contributed by atoms with Crippen LogP contribution in [-0.2, 0) is 6.54 Å². The second kappa shape index (κ2) is 6.51. The quantitative estimate of drug-likeness (QED) is 0.719. The molecule has 0 fully saturated rings. The highest BCUT2D eigenvalue weighted by molar-refractivity contribution is 5.66. The fourth-order valence-corrected chi connectivity index (χ4v) is 2.18. The molecule has 4 nitrogen and oxygen atoms in total. The Bertz CT molecular complexity index is 791. The van der Waals surface area contributed by atoms with Gasteiger partial charge in [-0.3, -0.25) is 0 Å². The molecule has 0 amide bonds. The Hall–Kier alpha value is -2.83. The monoisotopic (exact) mass is 319 g/mol. The van der Waals surface area contributed by atoms with Crippen LogP contribution in [0.25, 0.3) is 11.3 Å². The van der Waals surface area contributed by atoms with Crippen LogP contribution < -0.4 is 4.74 Å². The Morgan fingerprint density at radius 1 is 1.17 bits per heavy atom. The highest BCUT2D eigenvalue weighted by Crippen LogP contribution is 2.30. The van der Waals surface area contributed by atoms with Gasteiger partial charge in [0.2, 0.25) is 0 Å². The van der Waals surface area contributed by atoms with Gasteiger partial charge in [-0.05, 0) is 24.3 Å². The molecule has 7 heteroatoms. The minimum atomic E-state index is -2.98. The van der Waals surface area contributed by atoms with Gasteiger partial charge >= 0.3 is 6.61 Å². The lowest BCUT2D eigenvalue weighted by Gasteiger charge is -2.12. The molecule has 0 aliphatic heterocycles. The first-order valence-corrected chi connectivity index (χ1v) is 6.78. The average molecular weight is 319 g/mol. The van der Waals surface area contributed by atoms with Crippen molar-refractivity contribution in [3.63, 3.8) is 0 Å². The summed E-state index contributed by atoms with van der Waals surface area (Å²) in [5, 5.41) is 0. The normalized spacial score (nSPS) is 11.0. The number of imidazole rings is 1. The van der Waals surface area contributed by atoms with Crippen LogP contribution in [0.5, 0.6) is 5.75 Å². The van der Waals surface area contributed by atoms with Crippen molar-refractivity contribution in [3.05, 3.63) is 66.6 Å². The fourth-order valence-electron chi connectivity index (χ4n) is 2.18. The van der Waals surface area contributed by atoms with E-state index in [2.05, 4.69) is 14.7 Å². The Kier molecular flexibility index (Phi) is 4.27. The largest absolute Gasteiger partial charge is 0.432 e. The third-order valence-electron chi connectivity index (χ3n) is 3.13. The molecular weight excluding hydrogens is 307 g/mol. The summed E-state index contributed by atoms with van der Waals surface area (Å²) < 4.78 is 44.8. The molecule has 0 unspecified atom stereocenters. The van der Waals surface area contributed by atoms with E-state index in [4.69, 9.17) is 0 Å². The average Bonchev–Trinajstić information content (AvgIpc) is 3.01. The number of hydrogen-bond acceptors (Lipinski definition) is 3. The van der Waals surface area contributed by atoms with Crippen molar-refractivity contribution >= 4 is 0 Å². The molecule has 0 atom stereocenters. The second-order valence-corrected chi connectivity index (χ2v) is 4.77. The molecule has 0 saturated carbocycles. The Morgan fingerprint density at radius 2 is 2.04 bits per heavy atom. The van der Waals surface area contributed by atoms with E-state index in [-0.39, 0.29) is 11.4 Å². The van der Waals surface area contributed by atoms with Crippen molar-refractivity contribution in [2.75, 3.05) is 0 Å². The molecule has 0 N–H and O–H groups in total. The maximum Gasteiger partial charge on any atom is 0.387 e. The molecule has 3 aromatic rings. The zero-order chi connectivity index (χ0) is 16.2. The van der Waals surface area contributed by atoms with Crippen LogP contribution in [0.3, 0.4) is 0 Å². The zero-order valence-corrected chi connectivity index (χ0v) is 11.9. The Balaban J connectivity index is 2.01. The van der Waals surface area contributed by atoms with Gasteiger partial charge < -0.3 is 9.30 Å². The smallest absolute Gasteiger partial charge is 0.387 e. The van der Waals surface area contributed by atoms with Crippen molar-refractivity contribution in [2.45, 2.75) is 13.2 Å². The highest BCUT2D eigenvalue weighted by Gasteiger charge is 2.14. The highest BCUT2D eigenvalue weighted by atomic mass is 19.3. The van der Waals surface area contributed by atoms with E-state index in [1.54, 1.807) is 35.4 Å². The Morgan fingerprint density at radius 3 is 2.74 bits per heavy atom. The van der Waals surface area contributed by atoms with E-state index < -0.39 is 12.4 Å². The van der Waals surface area contributed by atoms with Gasteiger partial charge in [0.25, 0.3) is 0 Å². The fraction of sp³-hybridized carbons (Fsp3) is 0.125. The van der Waals surface area contributed by atoms with E-state index in [0.717, 1.165) is 0 Å². The number of pyridine rings is 1. The van der Waals surface area contributed by atoms with E-state index in [1.165, 1.54) is 24.3 Å². The summed E-state index contributed by atoms with van der Waals surface area (Å²) in [6.07, 6.45) is 5.00. The van der Waals surface area contributed by atoms with Crippen LogP contribution >= 0.6 is 0 Å². The van der Waals surface area contributed by atoms with Gasteiger partial charge in [0.15, 0.2) is 5.75 Å². The molecule has 0 saturated heterocycles. The minimum absolute atomic E-state index is 0.0972. The maximum absolute atomic E-state index is 13.4. The summed E-state index contributed by atoms with van der Waals surface area (Å²) in [6.45, 7) is -2.57. The minimum Gasteiger partial charge on any atom is -0.432 e. The van der Waals surface area contributed by atoms with Crippen molar-refractivity contribution in [1.82, 2.24) is 14.5 Å². The van der Waals surface area contributed by atoms with Crippen molar-refractivity contribution in [3.8, 4) is 17.0 Å². The van der Waals surface area contributed by atoms with E-state index >= 15 is 0 Å². The second-order valence-electron chi connectivity index (χ2n) is 4.77. The third kappa shape index (κ3) is 3.68. The number of nitrogens with zero attached hydrogens (tertiary/aromatic N) is 3. The van der Waals surface area contributed by atoms with Crippen LogP contribution in [0.15, 0.2) is 55.1 Å². The maximum atomic E-state index is 13.4. The molecule has 0 spiro atoms. The summed E-state index contributed by atoms with van der Waals surface area (Å²) in [6, 6.07) is 8.56. The summed E-state index contributed by atoms with van der Waals surface area (Å²) in [4.78, 5) is 8.27. The van der Waals surface area contributed by atoms with Gasteiger partial charge in [-0.1, -0.05) is 12.1 Å². The summed E-state index contributed by atoms with van der Waals surface area (Å²) in [5.74, 6) is -0.577. The van der Waals surface area contributed by atoms with Crippen LogP contribution in [-0.4, -0.2) is 21.1 Å². The van der Waals surface area contributed by atoms with Crippen molar-refractivity contribution < 1.29 is 17.9 Å². The molecule has 0 radical (unpaired) electrons. The standard InChI is InChI=1S/C16H12F3N3O/c17-12-3-1-2-11(8-12)15-14(23-16(18)19)5-4-13(21-15)9-22-7-6-20-10-22/h1-8,10,16H,9H2. The zero-order valence-electron chi connectivity index (χ0n) is 11.9. The lowest BCUT2D eigenvalue weighted by molar-refractivity contribution is -0.0496. The molecule has 0 aliphatic rings. The number of ether oxygens (including phenoxy) is 1. The topological polar surface area (TPSA) is 39.9 Å². The molecule has 2 aromatic heterocycles. The van der Waals surface area contributed by atoms with Gasteiger partial charge in [-0.2, -0.15) is 8.78 Å². The van der Waals surface area contributed by atoms with Gasteiger partial charge in [-0.15, -0.1) is 0 Å². The van der Waals surface area contributed by atoms with E-state index in [1.807, 2.05) is 0 Å². The number of aromatic nitrogens is 3. The van der Waals surface area contributed by atoms with Gasteiger partial charge in [-0.25, -0.2) is 14.4 Å². The lowest BCUT2D eigenvalue weighted by atomic mass is 10.1. The van der Waals surface area contributed by atoms with Crippen molar-refractivity contribution in [2.24, 2.45) is 0 Å². The molecule has 23 heavy (non-hydrogen) atoms. The van der Waals surface area contributed by atoms with Crippen LogP contribution in [0, 0.1) is 5.82 Å². The number of halogens is 3. The van der Waals surface area contributed by atoms with Gasteiger partial charge in [0.05, 0.1) is 18.6 Å². The molecule has 2 heterocycles. The molecule has 0 aliphatic carbocycles. The Labute approximate surface area is 130 Å². The molecular formula is C16H12F3N3O. The molecule has 0 bridgehead atoms. The van der Waals surface area contributed by atoms with Crippen LogP contribution in [0.1, 0.15) is 5.69 Å². The van der Waals surface area contributed by atoms with Gasteiger partial charge in [0, 0.05) is 18.0 Å². The summed E-state index contributed by atoms with van der Waals surface area (Å²) >= 11 is 0. The SMILES string of the molecule is Fc1cccc(-c2nc(Cn3ccnc3)ccc2OC(F)F)c1. The number of rotatable bonds is 5. The van der Waals surface area contributed by atoms with Crippen LogP contribution in [0.4, 0.5) is 13.2 Å². The van der Waals surface area contributed by atoms with E-state index in [0.29, 0.717) is 17.8 Å².